The molecule has 2 rings (SSSR count). The van der Waals surface area contributed by atoms with Crippen molar-refractivity contribution in [1.29, 1.82) is 0 Å². The van der Waals surface area contributed by atoms with Crippen molar-refractivity contribution in [3.05, 3.63) is 36.5 Å². The van der Waals surface area contributed by atoms with Gasteiger partial charge in [0.15, 0.2) is 5.13 Å². The second-order valence-electron chi connectivity index (χ2n) is 3.03. The topological polar surface area (TPSA) is 48.1 Å². The van der Waals surface area contributed by atoms with E-state index >= 15 is 0 Å². The lowest BCUT2D eigenvalue weighted by molar-refractivity contribution is 0.344. The Balaban J connectivity index is 1.69. The Labute approximate surface area is 103 Å². The van der Waals surface area contributed by atoms with Gasteiger partial charge in [-0.05, 0) is 12.1 Å². The van der Waals surface area contributed by atoms with Gasteiger partial charge in [0.25, 0.3) is 0 Å². The number of benzene rings is 1. The molecule has 0 spiro atoms. The first kappa shape index (κ1) is 11.3. The van der Waals surface area contributed by atoms with Crippen LogP contribution in [0.3, 0.4) is 0 Å². The van der Waals surface area contributed by atoms with Crippen LogP contribution in [0, 0.1) is 0 Å². The Morgan fingerprint density at radius 3 is 2.81 bits per heavy atom. The highest BCUT2D eigenvalue weighted by molar-refractivity contribution is 8.01. The molecule has 2 N–H and O–H groups in total. The molecule has 0 fully saturated rings. The second kappa shape index (κ2) is 5.77. The van der Waals surface area contributed by atoms with Gasteiger partial charge in [-0.2, -0.15) is 0 Å². The fourth-order valence-corrected chi connectivity index (χ4v) is 2.81. The summed E-state index contributed by atoms with van der Waals surface area (Å²) in [5.41, 5.74) is 5.54. The zero-order chi connectivity index (χ0) is 11.2. The molecule has 16 heavy (non-hydrogen) atoms. The number of hydrogen-bond acceptors (Lipinski definition) is 5. The number of rotatable bonds is 5. The van der Waals surface area contributed by atoms with Crippen LogP contribution in [0.4, 0.5) is 5.13 Å². The van der Waals surface area contributed by atoms with Gasteiger partial charge in [0, 0.05) is 5.75 Å². The monoisotopic (exact) mass is 252 g/mol. The number of thiazole rings is 1. The van der Waals surface area contributed by atoms with Crippen molar-refractivity contribution in [1.82, 2.24) is 4.98 Å². The highest BCUT2D eigenvalue weighted by atomic mass is 32.2. The van der Waals surface area contributed by atoms with Crippen molar-refractivity contribution in [3.8, 4) is 5.75 Å². The summed E-state index contributed by atoms with van der Waals surface area (Å²) in [6.07, 6.45) is 1.80. The Morgan fingerprint density at radius 2 is 2.12 bits per heavy atom. The van der Waals surface area contributed by atoms with Gasteiger partial charge in [-0.25, -0.2) is 4.98 Å². The third-order valence-corrected chi connectivity index (χ3v) is 3.83. The molecule has 3 nitrogen and oxygen atoms in total. The molecule has 1 aromatic heterocycles. The minimum Gasteiger partial charge on any atom is -0.493 e. The van der Waals surface area contributed by atoms with E-state index in [1.165, 1.54) is 11.3 Å². The lowest BCUT2D eigenvalue weighted by atomic mass is 10.3. The summed E-state index contributed by atoms with van der Waals surface area (Å²) in [7, 11) is 0. The molecule has 0 atom stereocenters. The average molecular weight is 252 g/mol. The van der Waals surface area contributed by atoms with Crippen molar-refractivity contribution in [3.63, 3.8) is 0 Å². The van der Waals surface area contributed by atoms with Gasteiger partial charge in [0.1, 0.15) is 5.75 Å². The van der Waals surface area contributed by atoms with E-state index in [1.807, 2.05) is 30.3 Å². The number of nitrogen functional groups attached to an aromatic ring is 1. The molecular weight excluding hydrogens is 240 g/mol. The summed E-state index contributed by atoms with van der Waals surface area (Å²) < 4.78 is 6.70. The SMILES string of the molecule is Nc1ncc(SCCOc2ccccc2)s1. The molecule has 84 valence electrons. The molecule has 0 amide bonds. The standard InChI is InChI=1S/C11H12N2OS2/c12-11-13-8-10(16-11)15-7-6-14-9-4-2-1-3-5-9/h1-5,8H,6-7H2,(H2,12,13). The van der Waals surface area contributed by atoms with Gasteiger partial charge in [-0.1, -0.05) is 29.5 Å². The number of nitrogens with two attached hydrogens (primary N) is 1. The van der Waals surface area contributed by atoms with Crippen LogP contribution >= 0.6 is 23.1 Å². The van der Waals surface area contributed by atoms with Crippen LogP contribution in [0.1, 0.15) is 0 Å². The molecule has 0 aliphatic rings. The van der Waals surface area contributed by atoms with Crippen LogP contribution in [-0.4, -0.2) is 17.3 Å². The van der Waals surface area contributed by atoms with Crippen molar-refractivity contribution >= 4 is 28.2 Å². The van der Waals surface area contributed by atoms with Crippen LogP contribution in [0.2, 0.25) is 0 Å². The van der Waals surface area contributed by atoms with Gasteiger partial charge in [0.05, 0.1) is 17.0 Å². The van der Waals surface area contributed by atoms with E-state index < -0.39 is 0 Å². The maximum atomic E-state index is 5.57. The molecule has 0 aliphatic heterocycles. The summed E-state index contributed by atoms with van der Waals surface area (Å²) >= 11 is 3.22. The summed E-state index contributed by atoms with van der Waals surface area (Å²) in [5, 5.41) is 0.617. The fraction of sp³-hybridized carbons (Fsp3) is 0.182. The predicted molar refractivity (Wildman–Crippen MR) is 69.2 cm³/mol. The Bertz CT molecular complexity index is 431. The van der Waals surface area contributed by atoms with Crippen LogP contribution in [-0.2, 0) is 0 Å². The number of aromatic nitrogens is 1. The summed E-state index contributed by atoms with van der Waals surface area (Å²) in [6.45, 7) is 0.687. The molecule has 2 aromatic rings. The zero-order valence-electron chi connectivity index (χ0n) is 8.63. The summed E-state index contributed by atoms with van der Waals surface area (Å²) in [6, 6.07) is 9.81. The molecule has 0 saturated carbocycles. The Hall–Kier alpha value is -1.20. The highest BCUT2D eigenvalue weighted by Gasteiger charge is 1.99. The van der Waals surface area contributed by atoms with E-state index in [-0.39, 0.29) is 0 Å². The van der Waals surface area contributed by atoms with Gasteiger partial charge in [-0.15, -0.1) is 11.8 Å². The quantitative estimate of drug-likeness (QED) is 0.656. The van der Waals surface area contributed by atoms with E-state index in [0.29, 0.717) is 11.7 Å². The summed E-state index contributed by atoms with van der Waals surface area (Å²) in [4.78, 5) is 3.99. The largest absolute Gasteiger partial charge is 0.493 e. The van der Waals surface area contributed by atoms with Crippen LogP contribution < -0.4 is 10.5 Å². The maximum absolute atomic E-state index is 5.57. The highest BCUT2D eigenvalue weighted by Crippen LogP contribution is 2.26. The maximum Gasteiger partial charge on any atom is 0.181 e. The van der Waals surface area contributed by atoms with Gasteiger partial charge in [-0.3, -0.25) is 0 Å². The zero-order valence-corrected chi connectivity index (χ0v) is 10.3. The van der Waals surface area contributed by atoms with E-state index in [1.54, 1.807) is 18.0 Å². The van der Waals surface area contributed by atoms with E-state index in [9.17, 15) is 0 Å². The molecule has 1 heterocycles. The van der Waals surface area contributed by atoms with Crippen LogP contribution in [0.15, 0.2) is 40.7 Å². The summed E-state index contributed by atoms with van der Waals surface area (Å²) in [5.74, 6) is 1.81. The lowest BCUT2D eigenvalue weighted by Gasteiger charge is -2.04. The number of nitrogens with zero attached hydrogens (tertiary/aromatic N) is 1. The van der Waals surface area contributed by atoms with Crippen LogP contribution in [0.25, 0.3) is 0 Å². The van der Waals surface area contributed by atoms with Gasteiger partial charge >= 0.3 is 0 Å². The third kappa shape index (κ3) is 3.43. The molecule has 1 aromatic carbocycles. The first-order valence-corrected chi connectivity index (χ1v) is 6.67. The molecule has 0 radical (unpaired) electrons. The third-order valence-electron chi connectivity index (χ3n) is 1.84. The van der Waals surface area contributed by atoms with Crippen molar-refractivity contribution < 1.29 is 4.74 Å². The number of ether oxygens (including phenoxy) is 1. The van der Waals surface area contributed by atoms with E-state index in [0.717, 1.165) is 15.7 Å². The normalized spacial score (nSPS) is 10.2. The fourth-order valence-electron chi connectivity index (χ4n) is 1.16. The molecular formula is C11H12N2OS2. The first-order chi connectivity index (χ1) is 7.84. The van der Waals surface area contributed by atoms with E-state index in [2.05, 4.69) is 4.98 Å². The Kier molecular flexibility index (Phi) is 4.07. The van der Waals surface area contributed by atoms with Gasteiger partial charge in [0.2, 0.25) is 0 Å². The number of para-hydroxylation sites is 1. The molecule has 0 saturated heterocycles. The van der Waals surface area contributed by atoms with Crippen LogP contribution in [0.5, 0.6) is 5.75 Å². The number of thioether (sulfide) groups is 1. The number of anilines is 1. The first-order valence-electron chi connectivity index (χ1n) is 4.86. The molecule has 5 heteroatoms. The second-order valence-corrected chi connectivity index (χ2v) is 5.48. The van der Waals surface area contributed by atoms with E-state index in [4.69, 9.17) is 10.5 Å². The van der Waals surface area contributed by atoms with Crippen molar-refractivity contribution in [2.45, 2.75) is 4.21 Å². The number of hydrogen-bond donors (Lipinski definition) is 1. The smallest absolute Gasteiger partial charge is 0.181 e. The molecule has 0 aliphatic carbocycles. The van der Waals surface area contributed by atoms with Crippen molar-refractivity contribution in [2.75, 3.05) is 18.1 Å². The van der Waals surface area contributed by atoms with Gasteiger partial charge < -0.3 is 10.5 Å². The molecule has 0 bridgehead atoms. The minimum absolute atomic E-state index is 0.617. The van der Waals surface area contributed by atoms with Crippen molar-refractivity contribution in [2.24, 2.45) is 0 Å². The lowest BCUT2D eigenvalue weighted by Crippen LogP contribution is -1.99. The molecule has 0 unspecified atom stereocenters. The predicted octanol–water partition coefficient (Wildman–Crippen LogP) is 2.90. The minimum atomic E-state index is 0.617. The Morgan fingerprint density at radius 1 is 1.31 bits per heavy atom. The average Bonchev–Trinajstić information content (AvgIpc) is 2.72.